The normalized spacial score (nSPS) is 11.9. The highest BCUT2D eigenvalue weighted by molar-refractivity contribution is 7.10. The number of rotatable bonds is 3. The fourth-order valence-corrected chi connectivity index (χ4v) is 2.37. The van der Waals surface area contributed by atoms with E-state index < -0.39 is 0 Å². The van der Waals surface area contributed by atoms with Crippen molar-refractivity contribution in [3.8, 4) is 0 Å². The largest absolute Gasteiger partial charge is 0.331 e. The standard InChI is InChI=1S/C13H13ClN2OS/c1-9(12-3-2-8-18-12)15-13(17)16-11-6-4-10(14)5-7-11/h2-9H,1H3,(H2,15,16,17). The molecule has 0 aliphatic carbocycles. The quantitative estimate of drug-likeness (QED) is 0.865. The van der Waals surface area contributed by atoms with E-state index in [0.717, 1.165) is 10.6 Å². The number of amides is 2. The Morgan fingerprint density at radius 3 is 2.61 bits per heavy atom. The molecule has 5 heteroatoms. The second-order valence-electron chi connectivity index (χ2n) is 3.84. The third-order valence-corrected chi connectivity index (χ3v) is 3.73. The molecule has 1 atom stereocenters. The van der Waals surface area contributed by atoms with Gasteiger partial charge in [0.2, 0.25) is 0 Å². The zero-order valence-electron chi connectivity index (χ0n) is 9.81. The highest BCUT2D eigenvalue weighted by Gasteiger charge is 2.09. The number of hydrogen-bond acceptors (Lipinski definition) is 2. The first-order chi connectivity index (χ1) is 8.65. The summed E-state index contributed by atoms with van der Waals surface area (Å²) in [6, 6.07) is 10.7. The minimum atomic E-state index is -0.224. The molecule has 1 heterocycles. The number of thiophene rings is 1. The Kier molecular flexibility index (Phi) is 4.23. The van der Waals surface area contributed by atoms with Crippen LogP contribution in [0.2, 0.25) is 5.02 Å². The van der Waals surface area contributed by atoms with E-state index in [9.17, 15) is 4.79 Å². The van der Waals surface area contributed by atoms with E-state index in [0.29, 0.717) is 5.02 Å². The van der Waals surface area contributed by atoms with Gasteiger partial charge in [0.05, 0.1) is 6.04 Å². The third kappa shape index (κ3) is 3.48. The van der Waals surface area contributed by atoms with E-state index in [1.54, 1.807) is 35.6 Å². The monoisotopic (exact) mass is 280 g/mol. The molecule has 0 fully saturated rings. The lowest BCUT2D eigenvalue weighted by molar-refractivity contribution is 0.249. The van der Waals surface area contributed by atoms with E-state index in [1.807, 2.05) is 24.4 Å². The van der Waals surface area contributed by atoms with Crippen LogP contribution < -0.4 is 10.6 Å². The van der Waals surface area contributed by atoms with Crippen molar-refractivity contribution in [2.24, 2.45) is 0 Å². The van der Waals surface area contributed by atoms with Crippen LogP contribution in [0.3, 0.4) is 0 Å². The van der Waals surface area contributed by atoms with E-state index >= 15 is 0 Å². The molecule has 18 heavy (non-hydrogen) atoms. The van der Waals surface area contributed by atoms with Gasteiger partial charge in [-0.15, -0.1) is 11.3 Å². The first kappa shape index (κ1) is 12.9. The van der Waals surface area contributed by atoms with Crippen LogP contribution in [0.15, 0.2) is 41.8 Å². The average molecular weight is 281 g/mol. The summed E-state index contributed by atoms with van der Waals surface area (Å²) in [5, 5.41) is 8.27. The summed E-state index contributed by atoms with van der Waals surface area (Å²) in [5.74, 6) is 0. The van der Waals surface area contributed by atoms with E-state index in [4.69, 9.17) is 11.6 Å². The summed E-state index contributed by atoms with van der Waals surface area (Å²) < 4.78 is 0. The number of anilines is 1. The van der Waals surface area contributed by atoms with Crippen LogP contribution in [-0.2, 0) is 0 Å². The molecule has 2 N–H and O–H groups in total. The Balaban J connectivity index is 1.91. The Bertz CT molecular complexity index is 510. The van der Waals surface area contributed by atoms with E-state index in [2.05, 4.69) is 10.6 Å². The molecule has 0 aliphatic heterocycles. The van der Waals surface area contributed by atoms with Gasteiger partial charge in [0.1, 0.15) is 0 Å². The van der Waals surface area contributed by atoms with Crippen LogP contribution in [0.4, 0.5) is 10.5 Å². The molecule has 1 aromatic carbocycles. The summed E-state index contributed by atoms with van der Waals surface area (Å²) in [7, 11) is 0. The van der Waals surface area contributed by atoms with E-state index in [1.165, 1.54) is 0 Å². The van der Waals surface area contributed by atoms with Gasteiger partial charge in [-0.25, -0.2) is 4.79 Å². The van der Waals surface area contributed by atoms with Crippen molar-refractivity contribution in [1.29, 1.82) is 0 Å². The number of benzene rings is 1. The Morgan fingerprint density at radius 2 is 2.00 bits per heavy atom. The van der Waals surface area contributed by atoms with Crippen molar-refractivity contribution in [2.75, 3.05) is 5.32 Å². The van der Waals surface area contributed by atoms with Gasteiger partial charge >= 0.3 is 6.03 Å². The minimum absolute atomic E-state index is 0.00250. The van der Waals surface area contributed by atoms with Crippen LogP contribution in [0.1, 0.15) is 17.8 Å². The van der Waals surface area contributed by atoms with Crippen LogP contribution in [0.25, 0.3) is 0 Å². The first-order valence-corrected chi connectivity index (χ1v) is 6.77. The predicted octanol–water partition coefficient (Wildman–Crippen LogP) is 4.28. The van der Waals surface area contributed by atoms with Crippen molar-refractivity contribution in [3.63, 3.8) is 0 Å². The molecule has 94 valence electrons. The van der Waals surface area contributed by atoms with Gasteiger partial charge in [0.25, 0.3) is 0 Å². The summed E-state index contributed by atoms with van der Waals surface area (Å²) in [5.41, 5.74) is 0.718. The summed E-state index contributed by atoms with van der Waals surface area (Å²) >= 11 is 7.39. The van der Waals surface area contributed by atoms with Crippen LogP contribution in [0, 0.1) is 0 Å². The van der Waals surface area contributed by atoms with Gasteiger partial charge in [-0.1, -0.05) is 17.7 Å². The molecule has 0 bridgehead atoms. The molecule has 0 spiro atoms. The third-order valence-electron chi connectivity index (χ3n) is 2.42. The van der Waals surface area contributed by atoms with E-state index in [-0.39, 0.29) is 12.1 Å². The van der Waals surface area contributed by atoms with Crippen molar-refractivity contribution >= 4 is 34.7 Å². The molecule has 1 unspecified atom stereocenters. The second-order valence-corrected chi connectivity index (χ2v) is 5.26. The molecule has 1 aromatic heterocycles. The maximum absolute atomic E-state index is 11.8. The highest BCUT2D eigenvalue weighted by atomic mass is 35.5. The smallest absolute Gasteiger partial charge is 0.319 e. The first-order valence-electron chi connectivity index (χ1n) is 5.51. The van der Waals surface area contributed by atoms with Crippen molar-refractivity contribution in [2.45, 2.75) is 13.0 Å². The molecule has 2 aromatic rings. The molecule has 2 rings (SSSR count). The molecular formula is C13H13ClN2OS. The zero-order chi connectivity index (χ0) is 13.0. The minimum Gasteiger partial charge on any atom is -0.331 e. The van der Waals surface area contributed by atoms with Gasteiger partial charge in [-0.3, -0.25) is 0 Å². The number of carbonyl (C=O) groups is 1. The van der Waals surface area contributed by atoms with Gasteiger partial charge in [-0.2, -0.15) is 0 Å². The molecule has 0 aliphatic rings. The van der Waals surface area contributed by atoms with Crippen LogP contribution in [0.5, 0.6) is 0 Å². The lowest BCUT2D eigenvalue weighted by Gasteiger charge is -2.13. The van der Waals surface area contributed by atoms with Crippen molar-refractivity contribution in [1.82, 2.24) is 5.32 Å². The number of hydrogen-bond donors (Lipinski definition) is 2. The molecule has 0 saturated heterocycles. The molecule has 0 saturated carbocycles. The fraction of sp³-hybridized carbons (Fsp3) is 0.154. The van der Waals surface area contributed by atoms with Crippen molar-refractivity contribution in [3.05, 3.63) is 51.7 Å². The highest BCUT2D eigenvalue weighted by Crippen LogP contribution is 2.18. The maximum Gasteiger partial charge on any atom is 0.319 e. The predicted molar refractivity (Wildman–Crippen MR) is 76.3 cm³/mol. The van der Waals surface area contributed by atoms with Crippen LogP contribution in [-0.4, -0.2) is 6.03 Å². The maximum atomic E-state index is 11.8. The number of urea groups is 1. The summed E-state index contributed by atoms with van der Waals surface area (Å²) in [6.07, 6.45) is 0. The van der Waals surface area contributed by atoms with Gasteiger partial charge < -0.3 is 10.6 Å². The lowest BCUT2D eigenvalue weighted by Crippen LogP contribution is -2.30. The fourth-order valence-electron chi connectivity index (χ4n) is 1.51. The van der Waals surface area contributed by atoms with Gasteiger partial charge in [0, 0.05) is 15.6 Å². The van der Waals surface area contributed by atoms with Gasteiger partial charge in [-0.05, 0) is 42.6 Å². The molecule has 2 amide bonds. The number of nitrogens with one attached hydrogen (secondary N) is 2. The van der Waals surface area contributed by atoms with Crippen LogP contribution >= 0.6 is 22.9 Å². The molecule has 3 nitrogen and oxygen atoms in total. The summed E-state index contributed by atoms with van der Waals surface area (Å²) in [4.78, 5) is 12.9. The SMILES string of the molecule is CC(NC(=O)Nc1ccc(Cl)cc1)c1cccs1. The average Bonchev–Trinajstić information content (AvgIpc) is 2.85. The molecular weight excluding hydrogens is 268 g/mol. The van der Waals surface area contributed by atoms with Gasteiger partial charge in [0.15, 0.2) is 0 Å². The Hall–Kier alpha value is -1.52. The number of carbonyl (C=O) groups excluding carboxylic acids is 1. The Morgan fingerprint density at radius 1 is 1.28 bits per heavy atom. The topological polar surface area (TPSA) is 41.1 Å². The summed E-state index contributed by atoms with van der Waals surface area (Å²) in [6.45, 7) is 1.95. The van der Waals surface area contributed by atoms with Crippen molar-refractivity contribution < 1.29 is 4.79 Å². The Labute approximate surface area is 115 Å². The number of halogens is 1. The molecule has 0 radical (unpaired) electrons. The zero-order valence-corrected chi connectivity index (χ0v) is 11.4. The second kappa shape index (κ2) is 5.89. The lowest BCUT2D eigenvalue weighted by atomic mass is 10.3.